The number of piperidine rings is 1. The van der Waals surface area contributed by atoms with Crippen LogP contribution in [0.5, 0.6) is 0 Å². The van der Waals surface area contributed by atoms with Gasteiger partial charge in [-0.3, -0.25) is 4.79 Å². The lowest BCUT2D eigenvalue weighted by atomic mass is 9.96. The van der Waals surface area contributed by atoms with Gasteiger partial charge in [0.15, 0.2) is 6.29 Å². The Morgan fingerprint density at radius 3 is 2.55 bits per heavy atom. The fourth-order valence-corrected chi connectivity index (χ4v) is 5.24. The molecule has 2 aliphatic heterocycles. The fraction of sp³-hybridized carbons (Fsp3) is 0.429. The summed E-state index contributed by atoms with van der Waals surface area (Å²) in [5, 5.41) is 5.53. The molecule has 5 rings (SSSR count). The predicted molar refractivity (Wildman–Crippen MR) is 108 cm³/mol. The molecular formula is C21H22FN3O3S. The number of thiophene rings is 1. The molecule has 0 aliphatic carbocycles. The summed E-state index contributed by atoms with van der Waals surface area (Å²) in [4.78, 5) is 16.6. The first kappa shape index (κ1) is 18.7. The summed E-state index contributed by atoms with van der Waals surface area (Å²) in [5.74, 6) is 0.133. The Labute approximate surface area is 171 Å². The molecule has 2 fully saturated rings. The van der Waals surface area contributed by atoms with Gasteiger partial charge in [-0.25, -0.2) is 9.07 Å². The van der Waals surface area contributed by atoms with Crippen LogP contribution in [0.2, 0.25) is 0 Å². The van der Waals surface area contributed by atoms with Crippen molar-refractivity contribution in [2.24, 2.45) is 5.92 Å². The van der Waals surface area contributed by atoms with Gasteiger partial charge in [0.25, 0.3) is 5.91 Å². The van der Waals surface area contributed by atoms with Crippen molar-refractivity contribution >= 4 is 27.5 Å². The highest BCUT2D eigenvalue weighted by molar-refractivity contribution is 7.20. The van der Waals surface area contributed by atoms with Crippen LogP contribution in [0.3, 0.4) is 0 Å². The van der Waals surface area contributed by atoms with Crippen molar-refractivity contribution < 1.29 is 18.7 Å². The maximum atomic E-state index is 13.3. The summed E-state index contributed by atoms with van der Waals surface area (Å²) in [6, 6.07) is 8.15. The molecule has 2 aromatic heterocycles. The van der Waals surface area contributed by atoms with E-state index in [1.165, 1.54) is 23.5 Å². The summed E-state index contributed by atoms with van der Waals surface area (Å²) >= 11 is 1.44. The number of rotatable bonds is 3. The molecule has 0 atom stereocenters. The minimum absolute atomic E-state index is 0.0583. The number of aryl methyl sites for hydroxylation is 1. The van der Waals surface area contributed by atoms with E-state index >= 15 is 0 Å². The Hall–Kier alpha value is -2.29. The van der Waals surface area contributed by atoms with Crippen molar-refractivity contribution in [2.45, 2.75) is 26.1 Å². The lowest BCUT2D eigenvalue weighted by Crippen LogP contribution is -2.41. The highest BCUT2D eigenvalue weighted by Gasteiger charge is 2.32. The molecule has 8 heteroatoms. The molecule has 1 amide bonds. The van der Waals surface area contributed by atoms with E-state index in [1.54, 1.807) is 16.8 Å². The van der Waals surface area contributed by atoms with Crippen molar-refractivity contribution in [3.05, 3.63) is 46.7 Å². The normalized spacial score (nSPS) is 18.8. The Bertz CT molecular complexity index is 1030. The maximum absolute atomic E-state index is 13.3. The summed E-state index contributed by atoms with van der Waals surface area (Å²) in [5.41, 5.74) is 1.64. The summed E-state index contributed by atoms with van der Waals surface area (Å²) in [6.07, 6.45) is 1.67. The number of hydrogen-bond donors (Lipinski definition) is 0. The van der Waals surface area contributed by atoms with Crippen LogP contribution in [0.25, 0.3) is 15.9 Å². The van der Waals surface area contributed by atoms with Gasteiger partial charge in [-0.2, -0.15) is 5.10 Å². The topological polar surface area (TPSA) is 56.6 Å². The van der Waals surface area contributed by atoms with Gasteiger partial charge in [0, 0.05) is 24.4 Å². The zero-order valence-corrected chi connectivity index (χ0v) is 17.0. The number of nitrogens with zero attached hydrogens (tertiary/aromatic N) is 3. The van der Waals surface area contributed by atoms with Crippen molar-refractivity contribution in [2.75, 3.05) is 26.3 Å². The third kappa shape index (κ3) is 3.45. The lowest BCUT2D eigenvalue weighted by Gasteiger charge is -2.33. The van der Waals surface area contributed by atoms with E-state index in [2.05, 4.69) is 5.10 Å². The van der Waals surface area contributed by atoms with Crippen molar-refractivity contribution in [1.29, 1.82) is 0 Å². The standard InChI is InChI=1S/C21H22FN3O3S/c1-13-17-12-18(29-20(17)25(23-13)16-4-2-15(22)3-5-16)19(26)24-8-6-14(7-9-24)21-27-10-11-28-21/h2-5,12,14,21H,6-11H2,1H3. The number of fused-ring (bicyclic) bond motifs is 1. The fourth-order valence-electron chi connectivity index (χ4n) is 4.09. The van der Waals surface area contributed by atoms with E-state index in [4.69, 9.17) is 9.47 Å². The molecule has 29 heavy (non-hydrogen) atoms. The molecule has 3 aromatic rings. The van der Waals surface area contributed by atoms with E-state index in [0.29, 0.717) is 37.1 Å². The SMILES string of the molecule is Cc1nn(-c2ccc(F)cc2)c2sc(C(=O)N3CCC(C4OCCO4)CC3)cc12. The predicted octanol–water partition coefficient (Wildman–Crippen LogP) is 3.76. The van der Waals surface area contributed by atoms with Gasteiger partial charge in [-0.05, 0) is 50.1 Å². The number of ether oxygens (including phenoxy) is 2. The number of hydrogen-bond acceptors (Lipinski definition) is 5. The molecule has 6 nitrogen and oxygen atoms in total. The molecule has 152 valence electrons. The quantitative estimate of drug-likeness (QED) is 0.654. The van der Waals surface area contributed by atoms with Crippen LogP contribution in [0.15, 0.2) is 30.3 Å². The van der Waals surface area contributed by atoms with Gasteiger partial charge in [-0.15, -0.1) is 11.3 Å². The van der Waals surface area contributed by atoms with Gasteiger partial charge in [0.05, 0.1) is 29.5 Å². The minimum Gasteiger partial charge on any atom is -0.350 e. The highest BCUT2D eigenvalue weighted by Crippen LogP contribution is 2.32. The molecule has 0 spiro atoms. The third-order valence-corrected chi connectivity index (χ3v) is 6.78. The van der Waals surface area contributed by atoms with E-state index in [0.717, 1.165) is 34.4 Å². The van der Waals surface area contributed by atoms with E-state index < -0.39 is 0 Å². The second-order valence-corrected chi connectivity index (χ2v) is 8.57. The largest absolute Gasteiger partial charge is 0.350 e. The zero-order valence-electron chi connectivity index (χ0n) is 16.1. The summed E-state index contributed by atoms with van der Waals surface area (Å²) in [7, 11) is 0. The van der Waals surface area contributed by atoms with E-state index in [1.807, 2.05) is 17.9 Å². The Kier molecular flexibility index (Phi) is 4.85. The molecule has 2 saturated heterocycles. The highest BCUT2D eigenvalue weighted by atomic mass is 32.1. The van der Waals surface area contributed by atoms with Crippen molar-refractivity contribution in [3.8, 4) is 5.69 Å². The molecule has 0 radical (unpaired) electrons. The van der Waals surface area contributed by atoms with E-state index in [9.17, 15) is 9.18 Å². The van der Waals surface area contributed by atoms with Crippen LogP contribution < -0.4 is 0 Å². The zero-order chi connectivity index (χ0) is 20.0. The number of amides is 1. The first-order valence-electron chi connectivity index (χ1n) is 9.88. The summed E-state index contributed by atoms with van der Waals surface area (Å²) < 4.78 is 26.3. The maximum Gasteiger partial charge on any atom is 0.264 e. The van der Waals surface area contributed by atoms with Crippen LogP contribution >= 0.6 is 11.3 Å². The molecule has 0 N–H and O–H groups in total. The van der Waals surface area contributed by atoms with Crippen LogP contribution in [0.4, 0.5) is 4.39 Å². The number of carbonyl (C=O) groups is 1. The van der Waals surface area contributed by atoms with Crippen LogP contribution in [-0.4, -0.2) is 53.2 Å². The third-order valence-electron chi connectivity index (χ3n) is 5.69. The van der Waals surface area contributed by atoms with Crippen LogP contribution in [0.1, 0.15) is 28.2 Å². The Balaban J connectivity index is 1.36. The van der Waals surface area contributed by atoms with Crippen molar-refractivity contribution in [3.63, 3.8) is 0 Å². The number of benzene rings is 1. The second kappa shape index (κ2) is 7.51. The van der Waals surface area contributed by atoms with Gasteiger partial charge in [0.1, 0.15) is 10.6 Å². The van der Waals surface area contributed by atoms with E-state index in [-0.39, 0.29) is 18.0 Å². The van der Waals surface area contributed by atoms with Gasteiger partial charge < -0.3 is 14.4 Å². The molecule has 4 heterocycles. The molecule has 0 bridgehead atoms. The Morgan fingerprint density at radius 2 is 1.86 bits per heavy atom. The molecule has 1 aromatic carbocycles. The smallest absolute Gasteiger partial charge is 0.264 e. The average molecular weight is 415 g/mol. The average Bonchev–Trinajstić information content (AvgIpc) is 3.47. The monoisotopic (exact) mass is 415 g/mol. The number of carbonyl (C=O) groups excluding carboxylic acids is 1. The molecular weight excluding hydrogens is 393 g/mol. The first-order chi connectivity index (χ1) is 14.1. The Morgan fingerprint density at radius 1 is 1.17 bits per heavy atom. The van der Waals surface area contributed by atoms with Crippen molar-refractivity contribution in [1.82, 2.24) is 14.7 Å². The number of halogens is 1. The molecule has 0 saturated carbocycles. The second-order valence-electron chi connectivity index (χ2n) is 7.54. The van der Waals surface area contributed by atoms with Crippen LogP contribution in [0, 0.1) is 18.7 Å². The summed E-state index contributed by atoms with van der Waals surface area (Å²) in [6.45, 7) is 4.68. The van der Waals surface area contributed by atoms with Gasteiger partial charge >= 0.3 is 0 Å². The first-order valence-corrected chi connectivity index (χ1v) is 10.7. The lowest BCUT2D eigenvalue weighted by molar-refractivity contribution is -0.0955. The number of likely N-dealkylation sites (tertiary alicyclic amines) is 1. The van der Waals surface area contributed by atoms with Gasteiger partial charge in [-0.1, -0.05) is 0 Å². The minimum atomic E-state index is -0.285. The molecule has 0 unspecified atom stereocenters. The van der Waals surface area contributed by atoms with Gasteiger partial charge in [0.2, 0.25) is 0 Å². The molecule has 2 aliphatic rings. The van der Waals surface area contributed by atoms with Crippen LogP contribution in [-0.2, 0) is 9.47 Å². The number of aromatic nitrogens is 2.